The smallest absolute Gasteiger partial charge is 0.408 e. The lowest BCUT2D eigenvalue weighted by Gasteiger charge is -2.30. The standard InChI is InChI=1S/C64H70N8O6/c1-7-77-61(75)69-55(43-17-11-9-12-18-43)59(73)71-35-15-21-49(71)57-65-37-47(67-57)39-23-27-41(28-24-39)51-45-31-33-64(5,6)54(45)52(46-32-34-63(3,4)53(46)51)42-29-25-40(26-30-42)48-38-66-58(68-48)50-22-16-36-72(50)60(74)56(70-62(76)78-8-2)44-19-13-10-14-20-44/h9-14,17-20,23-30,37-38,49-50,55-56H,7-8,15-16,21-22,31-36H2,1-6H3,(H,65,67)(H,66,68)(H,69,75)(H,70,76)/t49-,50-,55?,56?/m0/s1. The highest BCUT2D eigenvalue weighted by atomic mass is 16.6. The van der Waals surface area contributed by atoms with Gasteiger partial charge in [0, 0.05) is 13.1 Å². The zero-order valence-corrected chi connectivity index (χ0v) is 45.6. The number of rotatable bonds is 14. The first kappa shape index (κ1) is 52.1. The third-order valence-electron chi connectivity index (χ3n) is 16.8. The lowest BCUT2D eigenvalue weighted by atomic mass is 9.73. The van der Waals surface area contributed by atoms with Crippen LogP contribution in [0, 0.1) is 0 Å². The SMILES string of the molecule is CCOC(=O)NC(C(=O)N1CCC[C@H]1c1ncc(-c2ccc(-c3c4c(c(-c5ccc(-c6cnc([C@@H]7CCCN7C(=O)C(NC(=O)OCC)c7ccccc7)[nH]6)cc5)c5c3C(C)(C)CC5)C(C)(C)CC4)cc2)[nH]1)c1ccccc1. The fourth-order valence-electron chi connectivity index (χ4n) is 13.0. The van der Waals surface area contributed by atoms with Crippen LogP contribution in [-0.2, 0) is 42.7 Å². The Morgan fingerprint density at radius 2 is 0.936 bits per heavy atom. The third-order valence-corrected chi connectivity index (χ3v) is 16.8. The average molecular weight is 1050 g/mol. The number of amides is 4. The first-order valence-corrected chi connectivity index (χ1v) is 27.9. The molecule has 0 radical (unpaired) electrons. The number of fused-ring (bicyclic) bond motifs is 2. The lowest BCUT2D eigenvalue weighted by molar-refractivity contribution is -0.135. The Morgan fingerprint density at radius 3 is 1.31 bits per heavy atom. The lowest BCUT2D eigenvalue weighted by Crippen LogP contribution is -2.43. The number of nitrogens with zero attached hydrogens (tertiary/aromatic N) is 4. The van der Waals surface area contributed by atoms with E-state index >= 15 is 0 Å². The van der Waals surface area contributed by atoms with Crippen molar-refractivity contribution in [3.05, 3.63) is 167 Å². The van der Waals surface area contributed by atoms with Gasteiger partial charge in [0.2, 0.25) is 0 Å². The molecular formula is C64H70N8O6. The molecule has 2 aromatic heterocycles. The number of hydrogen-bond acceptors (Lipinski definition) is 8. The molecule has 4 heterocycles. The number of H-pyrrole nitrogens is 2. The van der Waals surface area contributed by atoms with Gasteiger partial charge in [-0.05, 0) is 143 Å². The van der Waals surface area contributed by atoms with Crippen LogP contribution in [0.3, 0.4) is 0 Å². The summed E-state index contributed by atoms with van der Waals surface area (Å²) in [6.45, 7) is 14.6. The van der Waals surface area contributed by atoms with Crippen molar-refractivity contribution in [1.29, 1.82) is 0 Å². The Morgan fingerprint density at radius 1 is 0.564 bits per heavy atom. The minimum atomic E-state index is -0.885. The van der Waals surface area contributed by atoms with Crippen LogP contribution in [-0.4, -0.2) is 80.0 Å². The highest BCUT2D eigenvalue weighted by Gasteiger charge is 2.44. The molecule has 0 spiro atoms. The van der Waals surface area contributed by atoms with E-state index in [1.807, 2.05) is 82.9 Å². The van der Waals surface area contributed by atoms with E-state index in [0.29, 0.717) is 24.2 Å². The maximum absolute atomic E-state index is 14.3. The van der Waals surface area contributed by atoms with Crippen molar-refractivity contribution >= 4 is 24.0 Å². The predicted octanol–water partition coefficient (Wildman–Crippen LogP) is 12.6. The maximum Gasteiger partial charge on any atom is 0.408 e. The van der Waals surface area contributed by atoms with Gasteiger partial charge in [0.25, 0.3) is 11.8 Å². The number of aromatic nitrogens is 4. The highest BCUT2D eigenvalue weighted by molar-refractivity contribution is 5.90. The van der Waals surface area contributed by atoms with Crippen molar-refractivity contribution in [2.75, 3.05) is 26.3 Å². The number of hydrogen-bond donors (Lipinski definition) is 4. The Kier molecular flexibility index (Phi) is 14.3. The second kappa shape index (κ2) is 21.4. The number of alkyl carbamates (subject to hydrolysis) is 2. The molecule has 0 saturated carbocycles. The Bertz CT molecular complexity index is 3120. The van der Waals surface area contributed by atoms with Gasteiger partial charge in [0.15, 0.2) is 0 Å². The third kappa shape index (κ3) is 9.85. The molecule has 4 N–H and O–H groups in total. The summed E-state index contributed by atoms with van der Waals surface area (Å²) < 4.78 is 10.4. The van der Waals surface area contributed by atoms with Crippen LogP contribution < -0.4 is 10.6 Å². The molecule has 7 aromatic rings. The van der Waals surface area contributed by atoms with Crippen molar-refractivity contribution in [3.63, 3.8) is 0 Å². The van der Waals surface area contributed by atoms with Crippen molar-refractivity contribution in [2.45, 2.75) is 128 Å². The Balaban J connectivity index is 0.855. The van der Waals surface area contributed by atoms with Gasteiger partial charge in [0.1, 0.15) is 23.7 Å². The molecular weight excluding hydrogens is 977 g/mol. The summed E-state index contributed by atoms with van der Waals surface area (Å²) in [5, 5.41) is 5.62. The summed E-state index contributed by atoms with van der Waals surface area (Å²) in [7, 11) is 0. The molecule has 5 aromatic carbocycles. The molecule has 2 fully saturated rings. The average Bonchev–Trinajstić information content (AvgIpc) is 3.99. The molecule has 78 heavy (non-hydrogen) atoms. The van der Waals surface area contributed by atoms with Gasteiger partial charge >= 0.3 is 12.2 Å². The van der Waals surface area contributed by atoms with Gasteiger partial charge < -0.3 is 39.9 Å². The number of carbonyl (C=O) groups excluding carboxylic acids is 4. The van der Waals surface area contributed by atoms with E-state index in [9.17, 15) is 19.2 Å². The van der Waals surface area contributed by atoms with E-state index in [-0.39, 0.29) is 47.9 Å². The number of aromatic amines is 2. The van der Waals surface area contributed by atoms with E-state index in [1.165, 1.54) is 44.5 Å². The molecule has 4 aliphatic rings. The zero-order valence-electron chi connectivity index (χ0n) is 45.6. The molecule has 0 bridgehead atoms. The highest BCUT2D eigenvalue weighted by Crippen LogP contribution is 2.56. The van der Waals surface area contributed by atoms with Crippen LogP contribution in [0.15, 0.2) is 122 Å². The number of nitrogens with one attached hydrogen (secondary N) is 4. The van der Waals surface area contributed by atoms with Crippen molar-refractivity contribution in [1.82, 2.24) is 40.4 Å². The fraction of sp³-hybridized carbons (Fsp3) is 0.375. The molecule has 14 heteroatoms. The van der Waals surface area contributed by atoms with E-state index in [0.717, 1.165) is 85.5 Å². The maximum atomic E-state index is 14.3. The second-order valence-electron chi connectivity index (χ2n) is 22.5. The van der Waals surface area contributed by atoms with Gasteiger partial charge in [-0.25, -0.2) is 19.6 Å². The van der Waals surface area contributed by atoms with Crippen LogP contribution in [0.5, 0.6) is 0 Å². The quantitative estimate of drug-likeness (QED) is 0.0832. The molecule has 4 atom stereocenters. The van der Waals surface area contributed by atoms with Crippen LogP contribution in [0.4, 0.5) is 9.59 Å². The van der Waals surface area contributed by atoms with Gasteiger partial charge in [-0.3, -0.25) is 9.59 Å². The zero-order chi connectivity index (χ0) is 54.3. The van der Waals surface area contributed by atoms with E-state index in [2.05, 4.69) is 96.8 Å². The minimum Gasteiger partial charge on any atom is -0.450 e. The van der Waals surface area contributed by atoms with Crippen LogP contribution in [0.2, 0.25) is 0 Å². The second-order valence-corrected chi connectivity index (χ2v) is 22.5. The van der Waals surface area contributed by atoms with Gasteiger partial charge in [0.05, 0.1) is 49.1 Å². The molecule has 2 unspecified atom stereocenters. The van der Waals surface area contributed by atoms with Gasteiger partial charge in [-0.15, -0.1) is 0 Å². The van der Waals surface area contributed by atoms with Gasteiger partial charge in [-0.1, -0.05) is 137 Å². The van der Waals surface area contributed by atoms with Crippen LogP contribution >= 0.6 is 0 Å². The topological polar surface area (TPSA) is 175 Å². The number of imidazole rings is 2. The summed E-state index contributed by atoms with van der Waals surface area (Å²) in [5.41, 5.74) is 16.1. The van der Waals surface area contributed by atoms with E-state index in [4.69, 9.17) is 19.4 Å². The first-order valence-electron chi connectivity index (χ1n) is 27.9. The van der Waals surface area contributed by atoms with Crippen molar-refractivity contribution < 1.29 is 28.7 Å². The van der Waals surface area contributed by atoms with Gasteiger partial charge in [-0.2, -0.15) is 0 Å². The monoisotopic (exact) mass is 1050 g/mol. The molecule has 2 saturated heterocycles. The van der Waals surface area contributed by atoms with Crippen molar-refractivity contribution in [2.24, 2.45) is 0 Å². The first-order chi connectivity index (χ1) is 37.7. The largest absolute Gasteiger partial charge is 0.450 e. The number of carbonyl (C=O) groups is 4. The molecule has 11 rings (SSSR count). The van der Waals surface area contributed by atoms with Crippen LogP contribution in [0.25, 0.3) is 44.8 Å². The summed E-state index contributed by atoms with van der Waals surface area (Å²) in [5.74, 6) is 1.07. The molecule has 14 nitrogen and oxygen atoms in total. The van der Waals surface area contributed by atoms with E-state index in [1.54, 1.807) is 13.8 Å². The summed E-state index contributed by atoms with van der Waals surface area (Å²) in [6.07, 6.45) is 9.76. The summed E-state index contributed by atoms with van der Waals surface area (Å²) in [4.78, 5) is 74.4. The molecule has 2 aliphatic heterocycles. The van der Waals surface area contributed by atoms with Crippen molar-refractivity contribution in [3.8, 4) is 44.8 Å². The summed E-state index contributed by atoms with van der Waals surface area (Å²) >= 11 is 0. The number of likely N-dealkylation sites (tertiary alicyclic amines) is 2. The predicted molar refractivity (Wildman–Crippen MR) is 301 cm³/mol. The number of ether oxygens (including phenoxy) is 2. The fourth-order valence-corrected chi connectivity index (χ4v) is 13.0. The summed E-state index contributed by atoms with van der Waals surface area (Å²) in [6, 6.07) is 34.2. The molecule has 402 valence electrons. The number of benzene rings is 5. The molecule has 2 aliphatic carbocycles. The Hall–Kier alpha value is -8.00. The van der Waals surface area contributed by atoms with Crippen LogP contribution in [0.1, 0.15) is 149 Å². The van der Waals surface area contributed by atoms with E-state index < -0.39 is 24.3 Å². The minimum absolute atomic E-state index is 0.0359. The molecule has 4 amide bonds. The normalized spacial score (nSPS) is 18.7. The Labute approximate surface area is 456 Å².